The van der Waals surface area contributed by atoms with Gasteiger partial charge in [0.25, 0.3) is 0 Å². The van der Waals surface area contributed by atoms with Gasteiger partial charge in [0.05, 0.1) is 6.61 Å². The van der Waals surface area contributed by atoms with Crippen molar-refractivity contribution in [3.8, 4) is 0 Å². The van der Waals surface area contributed by atoms with Crippen molar-refractivity contribution in [3.63, 3.8) is 0 Å². The summed E-state index contributed by atoms with van der Waals surface area (Å²) in [6, 6.07) is 1.33. The molecule has 1 aromatic heterocycles. The van der Waals surface area contributed by atoms with Crippen LogP contribution in [0.25, 0.3) is 0 Å². The van der Waals surface area contributed by atoms with Crippen LogP contribution in [0.5, 0.6) is 0 Å². The van der Waals surface area contributed by atoms with E-state index in [1.165, 1.54) is 6.07 Å². The molecular weight excluding hydrogens is 220 g/mol. The monoisotopic (exact) mass is 236 g/mol. The molecule has 0 aliphatic rings. The lowest BCUT2D eigenvalue weighted by Crippen LogP contribution is -2.20. The summed E-state index contributed by atoms with van der Waals surface area (Å²) < 4.78 is 4.85. The zero-order chi connectivity index (χ0) is 13.1. The van der Waals surface area contributed by atoms with Crippen molar-refractivity contribution in [2.75, 3.05) is 6.61 Å². The molecule has 0 radical (unpaired) electrons. The summed E-state index contributed by atoms with van der Waals surface area (Å²) in [4.78, 5) is 30.5. The molecule has 0 saturated heterocycles. The molecule has 1 rings (SSSR count). The van der Waals surface area contributed by atoms with E-state index in [9.17, 15) is 9.59 Å². The summed E-state index contributed by atoms with van der Waals surface area (Å²) in [7, 11) is 0. The predicted molar refractivity (Wildman–Crippen MR) is 62.1 cm³/mol. The van der Waals surface area contributed by atoms with Crippen molar-refractivity contribution in [1.82, 2.24) is 9.97 Å². The zero-order valence-electron chi connectivity index (χ0n) is 10.5. The Morgan fingerprint density at radius 2 is 2.06 bits per heavy atom. The molecule has 0 aliphatic heterocycles. The van der Waals surface area contributed by atoms with Gasteiger partial charge in [0.2, 0.25) is 0 Å². The highest BCUT2D eigenvalue weighted by Crippen LogP contribution is 2.18. The second-order valence-electron chi connectivity index (χ2n) is 4.59. The smallest absolute Gasteiger partial charge is 0.357 e. The molecular formula is C12H16N2O3. The van der Waals surface area contributed by atoms with E-state index in [1.54, 1.807) is 6.92 Å². The van der Waals surface area contributed by atoms with Gasteiger partial charge in [0.1, 0.15) is 11.5 Å². The third kappa shape index (κ3) is 3.34. The minimum absolute atomic E-state index is 0.119. The van der Waals surface area contributed by atoms with Crippen LogP contribution < -0.4 is 0 Å². The molecule has 0 saturated carbocycles. The minimum Gasteiger partial charge on any atom is -0.461 e. The molecule has 0 N–H and O–H groups in total. The Balaban J connectivity index is 3.23. The second-order valence-corrected chi connectivity index (χ2v) is 4.59. The highest BCUT2D eigenvalue weighted by molar-refractivity contribution is 5.89. The number of aldehydes is 1. The van der Waals surface area contributed by atoms with Gasteiger partial charge in [0.15, 0.2) is 12.0 Å². The summed E-state index contributed by atoms with van der Waals surface area (Å²) in [5.41, 5.74) is -0.0258. The molecule has 0 bridgehead atoms. The van der Waals surface area contributed by atoms with Crippen molar-refractivity contribution in [2.45, 2.75) is 33.1 Å². The SMILES string of the molecule is CCOC(=O)c1cc(C=O)nc(C(C)(C)C)n1. The summed E-state index contributed by atoms with van der Waals surface area (Å²) in [5, 5.41) is 0. The lowest BCUT2D eigenvalue weighted by Gasteiger charge is -2.17. The van der Waals surface area contributed by atoms with Crippen LogP contribution in [-0.2, 0) is 10.2 Å². The van der Waals surface area contributed by atoms with Crippen LogP contribution in [0.4, 0.5) is 0 Å². The fourth-order valence-electron chi connectivity index (χ4n) is 1.17. The van der Waals surface area contributed by atoms with Gasteiger partial charge < -0.3 is 4.74 Å². The maximum atomic E-state index is 11.6. The Morgan fingerprint density at radius 1 is 1.41 bits per heavy atom. The van der Waals surface area contributed by atoms with Crippen LogP contribution in [0.3, 0.4) is 0 Å². The van der Waals surface area contributed by atoms with Gasteiger partial charge in [-0.05, 0) is 6.92 Å². The van der Waals surface area contributed by atoms with Crippen LogP contribution in [-0.4, -0.2) is 28.8 Å². The second kappa shape index (κ2) is 5.03. The Hall–Kier alpha value is -1.78. The molecule has 17 heavy (non-hydrogen) atoms. The van der Waals surface area contributed by atoms with Crippen molar-refractivity contribution in [2.24, 2.45) is 0 Å². The van der Waals surface area contributed by atoms with Gasteiger partial charge in [-0.3, -0.25) is 4.79 Å². The first-order valence-corrected chi connectivity index (χ1v) is 5.40. The molecule has 92 valence electrons. The van der Waals surface area contributed by atoms with Crippen molar-refractivity contribution in [1.29, 1.82) is 0 Å². The number of carbonyl (C=O) groups excluding carboxylic acids is 2. The molecule has 5 heteroatoms. The molecule has 0 amide bonds. The largest absolute Gasteiger partial charge is 0.461 e. The quantitative estimate of drug-likeness (QED) is 0.591. The lowest BCUT2D eigenvalue weighted by molar-refractivity contribution is 0.0518. The number of hydrogen-bond acceptors (Lipinski definition) is 5. The Kier molecular flexibility index (Phi) is 3.93. The highest BCUT2D eigenvalue weighted by Gasteiger charge is 2.21. The number of rotatable bonds is 3. The number of aromatic nitrogens is 2. The van der Waals surface area contributed by atoms with Gasteiger partial charge >= 0.3 is 5.97 Å². The van der Waals surface area contributed by atoms with Gasteiger partial charge in [-0.25, -0.2) is 14.8 Å². The molecule has 0 unspecified atom stereocenters. The number of carbonyl (C=O) groups is 2. The van der Waals surface area contributed by atoms with Crippen molar-refractivity contribution >= 4 is 12.3 Å². The summed E-state index contributed by atoms with van der Waals surface area (Å²) in [5.74, 6) is -0.0892. The number of esters is 1. The van der Waals surface area contributed by atoms with Gasteiger partial charge in [0, 0.05) is 11.5 Å². The topological polar surface area (TPSA) is 69.2 Å². The molecule has 1 aromatic rings. The summed E-state index contributed by atoms with van der Waals surface area (Å²) in [6.45, 7) is 7.71. The maximum Gasteiger partial charge on any atom is 0.357 e. The first kappa shape index (κ1) is 13.3. The Labute approximate surface area is 100 Å². The first-order valence-electron chi connectivity index (χ1n) is 5.40. The molecule has 0 spiro atoms. The van der Waals surface area contributed by atoms with Crippen molar-refractivity contribution in [3.05, 3.63) is 23.3 Å². The van der Waals surface area contributed by atoms with E-state index in [2.05, 4.69) is 9.97 Å². The fourth-order valence-corrected chi connectivity index (χ4v) is 1.17. The summed E-state index contributed by atoms with van der Waals surface area (Å²) >= 11 is 0. The zero-order valence-corrected chi connectivity index (χ0v) is 10.5. The Morgan fingerprint density at radius 3 is 2.53 bits per heavy atom. The van der Waals surface area contributed by atoms with E-state index < -0.39 is 5.97 Å². The molecule has 0 fully saturated rings. The highest BCUT2D eigenvalue weighted by atomic mass is 16.5. The Bertz CT molecular complexity index is 436. The van der Waals surface area contributed by atoms with E-state index in [0.29, 0.717) is 12.1 Å². The van der Waals surface area contributed by atoms with E-state index in [-0.39, 0.29) is 23.4 Å². The average Bonchev–Trinajstić information content (AvgIpc) is 2.27. The summed E-state index contributed by atoms with van der Waals surface area (Å²) in [6.07, 6.45) is 0.597. The normalized spacial score (nSPS) is 11.1. The molecule has 0 aromatic carbocycles. The third-order valence-electron chi connectivity index (χ3n) is 2.02. The van der Waals surface area contributed by atoms with Crippen LogP contribution >= 0.6 is 0 Å². The molecule has 0 aliphatic carbocycles. The third-order valence-corrected chi connectivity index (χ3v) is 2.02. The molecule has 0 atom stereocenters. The van der Waals surface area contributed by atoms with Gasteiger partial charge in [-0.1, -0.05) is 20.8 Å². The fraction of sp³-hybridized carbons (Fsp3) is 0.500. The van der Waals surface area contributed by atoms with Crippen LogP contribution in [0.2, 0.25) is 0 Å². The average molecular weight is 236 g/mol. The van der Waals surface area contributed by atoms with E-state index in [1.807, 2.05) is 20.8 Å². The van der Waals surface area contributed by atoms with Crippen LogP contribution in [0.15, 0.2) is 6.07 Å². The van der Waals surface area contributed by atoms with Crippen LogP contribution in [0.1, 0.15) is 54.5 Å². The van der Waals surface area contributed by atoms with E-state index in [4.69, 9.17) is 4.74 Å². The number of hydrogen-bond donors (Lipinski definition) is 0. The predicted octanol–water partition coefficient (Wildman–Crippen LogP) is 1.76. The number of ether oxygens (including phenoxy) is 1. The maximum absolute atomic E-state index is 11.6. The van der Waals surface area contributed by atoms with E-state index >= 15 is 0 Å². The molecule has 5 nitrogen and oxygen atoms in total. The van der Waals surface area contributed by atoms with E-state index in [0.717, 1.165) is 0 Å². The molecule has 1 heterocycles. The standard InChI is InChI=1S/C12H16N2O3/c1-5-17-10(16)9-6-8(7-15)13-11(14-9)12(2,3)4/h6-7H,5H2,1-4H3. The first-order chi connectivity index (χ1) is 7.88. The van der Waals surface area contributed by atoms with Gasteiger partial charge in [-0.2, -0.15) is 0 Å². The van der Waals surface area contributed by atoms with Crippen molar-refractivity contribution < 1.29 is 14.3 Å². The number of nitrogens with zero attached hydrogens (tertiary/aromatic N) is 2. The van der Waals surface area contributed by atoms with Crippen LogP contribution in [0, 0.1) is 0 Å². The van der Waals surface area contributed by atoms with Gasteiger partial charge in [-0.15, -0.1) is 0 Å². The minimum atomic E-state index is -0.538. The lowest BCUT2D eigenvalue weighted by atomic mass is 9.95.